The Labute approximate surface area is 122 Å². The van der Waals surface area contributed by atoms with E-state index in [1.165, 1.54) is 6.33 Å². The van der Waals surface area contributed by atoms with Crippen molar-refractivity contribution in [3.05, 3.63) is 24.1 Å². The highest BCUT2D eigenvalue weighted by atomic mass is 35.5. The minimum Gasteiger partial charge on any atom is -0.383 e. The number of anilines is 2. The maximum absolute atomic E-state index is 6.12. The first kappa shape index (κ1) is 13.1. The van der Waals surface area contributed by atoms with E-state index in [2.05, 4.69) is 30.3 Å². The second kappa shape index (κ2) is 5.62. The predicted molar refractivity (Wildman–Crippen MR) is 77.1 cm³/mol. The summed E-state index contributed by atoms with van der Waals surface area (Å²) < 4.78 is 1.91. The molecule has 1 N–H and O–H groups in total. The van der Waals surface area contributed by atoms with E-state index in [-0.39, 0.29) is 0 Å². The third-order valence-corrected chi connectivity index (χ3v) is 3.82. The van der Waals surface area contributed by atoms with E-state index in [0.717, 1.165) is 37.4 Å². The van der Waals surface area contributed by atoms with Crippen molar-refractivity contribution < 1.29 is 0 Å². The molecule has 0 spiro atoms. The minimum atomic E-state index is 0.310. The van der Waals surface area contributed by atoms with Gasteiger partial charge in [0.2, 0.25) is 0 Å². The maximum atomic E-state index is 6.12. The number of hydrogen-bond acceptors (Lipinski definition) is 6. The quantitative estimate of drug-likeness (QED) is 0.867. The van der Waals surface area contributed by atoms with Crippen LogP contribution in [0.1, 0.15) is 18.9 Å². The molecule has 2 aromatic rings. The van der Waals surface area contributed by atoms with Gasteiger partial charge in [0, 0.05) is 20.1 Å². The first-order valence-electron chi connectivity index (χ1n) is 6.57. The third kappa shape index (κ3) is 2.40. The van der Waals surface area contributed by atoms with Crippen LogP contribution in [0.2, 0.25) is 5.15 Å². The molecular weight excluding hydrogens is 278 g/mol. The largest absolute Gasteiger partial charge is 0.383 e. The number of nitrogens with one attached hydrogen (secondary N) is 1. The smallest absolute Gasteiger partial charge is 0.157 e. The standard InChI is InChI=1S/C12H16ClN7/c1-14-10-11(13)16-7-17-12(10)19-4-2-3-9(5-19)20-8-15-6-18-20/h6-9,14H,2-5H2,1H3. The fourth-order valence-electron chi connectivity index (χ4n) is 2.58. The van der Waals surface area contributed by atoms with E-state index in [1.54, 1.807) is 12.7 Å². The lowest BCUT2D eigenvalue weighted by Crippen LogP contribution is -2.37. The first-order valence-corrected chi connectivity index (χ1v) is 6.94. The molecule has 0 saturated carbocycles. The molecule has 0 aliphatic carbocycles. The summed E-state index contributed by atoms with van der Waals surface area (Å²) >= 11 is 6.12. The van der Waals surface area contributed by atoms with Crippen LogP contribution in [-0.2, 0) is 0 Å². The highest BCUT2D eigenvalue weighted by molar-refractivity contribution is 6.32. The van der Waals surface area contributed by atoms with Crippen molar-refractivity contribution in [1.29, 1.82) is 0 Å². The Morgan fingerprint density at radius 2 is 2.25 bits per heavy atom. The molecular formula is C12H16ClN7. The van der Waals surface area contributed by atoms with Gasteiger partial charge in [0.25, 0.3) is 0 Å². The molecule has 1 unspecified atom stereocenters. The van der Waals surface area contributed by atoms with Crippen LogP contribution in [0.5, 0.6) is 0 Å². The highest BCUT2D eigenvalue weighted by Gasteiger charge is 2.25. The van der Waals surface area contributed by atoms with Gasteiger partial charge in [-0.05, 0) is 12.8 Å². The van der Waals surface area contributed by atoms with Gasteiger partial charge in [-0.1, -0.05) is 11.6 Å². The molecule has 1 atom stereocenters. The molecule has 1 aliphatic heterocycles. The van der Waals surface area contributed by atoms with Gasteiger partial charge in [0.15, 0.2) is 11.0 Å². The van der Waals surface area contributed by atoms with Crippen LogP contribution < -0.4 is 10.2 Å². The van der Waals surface area contributed by atoms with Crippen molar-refractivity contribution in [3.8, 4) is 0 Å². The molecule has 106 valence electrons. The Morgan fingerprint density at radius 1 is 1.35 bits per heavy atom. The van der Waals surface area contributed by atoms with Gasteiger partial charge in [0.05, 0.1) is 6.04 Å². The van der Waals surface area contributed by atoms with Gasteiger partial charge in [-0.3, -0.25) is 0 Å². The van der Waals surface area contributed by atoms with Gasteiger partial charge in [-0.25, -0.2) is 19.6 Å². The highest BCUT2D eigenvalue weighted by Crippen LogP contribution is 2.32. The average molecular weight is 294 g/mol. The zero-order chi connectivity index (χ0) is 13.9. The van der Waals surface area contributed by atoms with Crippen molar-refractivity contribution >= 4 is 23.1 Å². The van der Waals surface area contributed by atoms with E-state index in [9.17, 15) is 0 Å². The van der Waals surface area contributed by atoms with Crippen molar-refractivity contribution in [2.45, 2.75) is 18.9 Å². The normalized spacial score (nSPS) is 19.1. The summed E-state index contributed by atoms with van der Waals surface area (Å²) in [5.41, 5.74) is 0.772. The van der Waals surface area contributed by atoms with E-state index in [4.69, 9.17) is 11.6 Å². The van der Waals surface area contributed by atoms with Crippen LogP contribution in [0.15, 0.2) is 19.0 Å². The first-order chi connectivity index (χ1) is 9.79. The molecule has 0 amide bonds. The molecule has 7 nitrogen and oxygen atoms in total. The Morgan fingerprint density at radius 3 is 3.00 bits per heavy atom. The van der Waals surface area contributed by atoms with Gasteiger partial charge < -0.3 is 10.2 Å². The van der Waals surface area contributed by atoms with Crippen LogP contribution in [-0.4, -0.2) is 44.9 Å². The zero-order valence-electron chi connectivity index (χ0n) is 11.2. The second-order valence-electron chi connectivity index (χ2n) is 4.73. The molecule has 8 heteroatoms. The van der Waals surface area contributed by atoms with Crippen LogP contribution in [0.25, 0.3) is 0 Å². The van der Waals surface area contributed by atoms with Crippen LogP contribution >= 0.6 is 11.6 Å². The molecule has 0 bridgehead atoms. The summed E-state index contributed by atoms with van der Waals surface area (Å²) in [5, 5.41) is 7.75. The Bertz CT molecular complexity index is 571. The molecule has 1 aliphatic rings. The fraction of sp³-hybridized carbons (Fsp3) is 0.500. The summed E-state index contributed by atoms with van der Waals surface area (Å²) in [5.74, 6) is 0.845. The van der Waals surface area contributed by atoms with Gasteiger partial charge >= 0.3 is 0 Å². The Hall–Kier alpha value is -1.89. The van der Waals surface area contributed by atoms with E-state index < -0.39 is 0 Å². The van der Waals surface area contributed by atoms with Crippen LogP contribution in [0.4, 0.5) is 11.5 Å². The number of hydrogen-bond donors (Lipinski definition) is 1. The number of nitrogens with zero attached hydrogens (tertiary/aromatic N) is 6. The Balaban J connectivity index is 1.85. The molecule has 3 rings (SSSR count). The minimum absolute atomic E-state index is 0.310. The number of halogens is 1. The second-order valence-corrected chi connectivity index (χ2v) is 5.09. The lowest BCUT2D eigenvalue weighted by Gasteiger charge is -2.34. The lowest BCUT2D eigenvalue weighted by molar-refractivity contribution is 0.374. The average Bonchev–Trinajstić information content (AvgIpc) is 3.01. The summed E-state index contributed by atoms with van der Waals surface area (Å²) in [6.07, 6.45) is 7.00. The van der Waals surface area contributed by atoms with Crippen molar-refractivity contribution in [1.82, 2.24) is 24.7 Å². The van der Waals surface area contributed by atoms with E-state index >= 15 is 0 Å². The third-order valence-electron chi connectivity index (χ3n) is 3.54. The SMILES string of the molecule is CNc1c(Cl)ncnc1N1CCCC(n2cncn2)C1. The molecule has 1 fully saturated rings. The van der Waals surface area contributed by atoms with Crippen molar-refractivity contribution in [3.63, 3.8) is 0 Å². The Kier molecular flexibility index (Phi) is 3.68. The maximum Gasteiger partial charge on any atom is 0.157 e. The number of rotatable bonds is 3. The van der Waals surface area contributed by atoms with E-state index in [1.807, 2.05) is 11.7 Å². The van der Waals surface area contributed by atoms with Gasteiger partial charge in [-0.15, -0.1) is 0 Å². The molecule has 2 aromatic heterocycles. The number of aromatic nitrogens is 5. The van der Waals surface area contributed by atoms with Crippen molar-refractivity contribution in [2.24, 2.45) is 0 Å². The van der Waals surface area contributed by atoms with Gasteiger partial charge in [0.1, 0.15) is 24.7 Å². The van der Waals surface area contributed by atoms with Crippen LogP contribution in [0, 0.1) is 0 Å². The molecule has 0 aromatic carbocycles. The zero-order valence-corrected chi connectivity index (χ0v) is 12.0. The number of piperidine rings is 1. The monoisotopic (exact) mass is 293 g/mol. The summed E-state index contributed by atoms with van der Waals surface area (Å²) in [4.78, 5) is 14.6. The molecule has 3 heterocycles. The van der Waals surface area contributed by atoms with E-state index in [0.29, 0.717) is 11.2 Å². The van der Waals surface area contributed by atoms with Crippen LogP contribution in [0.3, 0.4) is 0 Å². The lowest BCUT2D eigenvalue weighted by atomic mass is 10.1. The molecule has 0 radical (unpaired) electrons. The van der Waals surface area contributed by atoms with Gasteiger partial charge in [-0.2, -0.15) is 5.10 Å². The summed E-state index contributed by atoms with van der Waals surface area (Å²) in [7, 11) is 1.83. The van der Waals surface area contributed by atoms with Crippen molar-refractivity contribution in [2.75, 3.05) is 30.4 Å². The fourth-order valence-corrected chi connectivity index (χ4v) is 2.80. The summed E-state index contributed by atoms with van der Waals surface area (Å²) in [6, 6.07) is 0.310. The molecule has 1 saturated heterocycles. The predicted octanol–water partition coefficient (Wildman–Crippen LogP) is 1.60. The topological polar surface area (TPSA) is 71.8 Å². The molecule has 20 heavy (non-hydrogen) atoms. The summed E-state index contributed by atoms with van der Waals surface area (Å²) in [6.45, 7) is 1.79.